The number of anilines is 1. The second kappa shape index (κ2) is 5.08. The van der Waals surface area contributed by atoms with Gasteiger partial charge in [-0.25, -0.2) is 0 Å². The van der Waals surface area contributed by atoms with E-state index in [2.05, 4.69) is 16.3 Å². The molecule has 2 atom stereocenters. The van der Waals surface area contributed by atoms with Crippen molar-refractivity contribution in [3.63, 3.8) is 0 Å². The van der Waals surface area contributed by atoms with Crippen molar-refractivity contribution < 1.29 is 9.47 Å². The zero-order valence-corrected chi connectivity index (χ0v) is 9.83. The van der Waals surface area contributed by atoms with Gasteiger partial charge in [0.1, 0.15) is 18.3 Å². The molecule has 2 rings (SSSR count). The van der Waals surface area contributed by atoms with Crippen LogP contribution in [-0.4, -0.2) is 49.7 Å². The third kappa shape index (κ3) is 2.20. The predicted molar refractivity (Wildman–Crippen MR) is 60.6 cm³/mol. The molecule has 0 N–H and O–H groups in total. The van der Waals surface area contributed by atoms with Crippen molar-refractivity contribution in [1.82, 2.24) is 10.2 Å². The molecule has 2 unspecified atom stereocenters. The van der Waals surface area contributed by atoms with Gasteiger partial charge in [0, 0.05) is 27.3 Å². The van der Waals surface area contributed by atoms with Gasteiger partial charge in [0.25, 0.3) is 0 Å². The molecule has 0 saturated carbocycles. The van der Waals surface area contributed by atoms with E-state index in [1.165, 1.54) is 6.20 Å². The van der Waals surface area contributed by atoms with Gasteiger partial charge in [-0.3, -0.25) is 0 Å². The third-order valence-electron chi connectivity index (χ3n) is 2.94. The summed E-state index contributed by atoms with van der Waals surface area (Å²) in [4.78, 5) is 1.97. The van der Waals surface area contributed by atoms with Crippen LogP contribution in [0.1, 0.15) is 5.56 Å². The zero-order valence-electron chi connectivity index (χ0n) is 9.83. The number of methoxy groups -OCH3 is 2. The minimum atomic E-state index is -0.00597. The van der Waals surface area contributed by atoms with Crippen LogP contribution in [0.4, 0.5) is 5.82 Å². The molecular weight excluding hydrogens is 220 g/mol. The van der Waals surface area contributed by atoms with Crippen molar-refractivity contribution in [2.45, 2.75) is 12.2 Å². The maximum Gasteiger partial charge on any atom is 0.169 e. The summed E-state index contributed by atoms with van der Waals surface area (Å²) in [5.74, 6) is 0.594. The minimum absolute atomic E-state index is 0.00597. The molecule has 1 aromatic rings. The lowest BCUT2D eigenvalue weighted by Gasteiger charge is -2.16. The molecule has 0 amide bonds. The average molecular weight is 234 g/mol. The second-order valence-corrected chi connectivity index (χ2v) is 3.83. The Hall–Kier alpha value is -1.71. The van der Waals surface area contributed by atoms with Crippen molar-refractivity contribution in [3.05, 3.63) is 17.8 Å². The number of nitrogens with zero attached hydrogens (tertiary/aromatic N) is 4. The lowest BCUT2D eigenvalue weighted by Crippen LogP contribution is -2.27. The van der Waals surface area contributed by atoms with Crippen LogP contribution in [0.25, 0.3) is 0 Å². The number of hydrogen-bond acceptors (Lipinski definition) is 6. The first kappa shape index (κ1) is 11.8. The molecule has 90 valence electrons. The monoisotopic (exact) mass is 234 g/mol. The molecule has 6 heteroatoms. The van der Waals surface area contributed by atoms with E-state index in [9.17, 15) is 0 Å². The van der Waals surface area contributed by atoms with Crippen LogP contribution in [0.2, 0.25) is 0 Å². The lowest BCUT2D eigenvalue weighted by molar-refractivity contribution is -0.00461. The standard InChI is InChI=1S/C11H14N4O2/c1-16-9-6-15(7-10(9)17-2)11-8(5-12)3-4-13-14-11/h3-4,9-10H,6-7H2,1-2H3. The molecule has 0 aliphatic carbocycles. The Morgan fingerprint density at radius 2 is 2.00 bits per heavy atom. The normalized spacial score (nSPS) is 23.7. The summed E-state index contributed by atoms with van der Waals surface area (Å²) < 4.78 is 10.7. The van der Waals surface area contributed by atoms with Crippen LogP contribution in [0.5, 0.6) is 0 Å². The SMILES string of the molecule is COC1CN(c2nnccc2C#N)CC1OC. The molecule has 0 radical (unpaired) electrons. The van der Waals surface area contributed by atoms with Gasteiger partial charge in [0.05, 0.1) is 11.8 Å². The van der Waals surface area contributed by atoms with Crippen molar-refractivity contribution in [3.8, 4) is 6.07 Å². The molecule has 1 fully saturated rings. The van der Waals surface area contributed by atoms with Crippen LogP contribution in [0.3, 0.4) is 0 Å². The Morgan fingerprint density at radius 1 is 1.35 bits per heavy atom. The Labute approximate surface area is 99.8 Å². The first-order valence-electron chi connectivity index (χ1n) is 5.32. The van der Waals surface area contributed by atoms with Gasteiger partial charge in [0.15, 0.2) is 5.82 Å². The van der Waals surface area contributed by atoms with Crippen molar-refractivity contribution >= 4 is 5.82 Å². The summed E-state index contributed by atoms with van der Waals surface area (Å²) >= 11 is 0. The van der Waals surface area contributed by atoms with E-state index in [1.54, 1.807) is 20.3 Å². The van der Waals surface area contributed by atoms with Gasteiger partial charge in [0.2, 0.25) is 0 Å². The maximum absolute atomic E-state index is 9.02. The summed E-state index contributed by atoms with van der Waals surface area (Å²) in [6, 6.07) is 3.77. The molecule has 1 aromatic heterocycles. The summed E-state index contributed by atoms with van der Waals surface area (Å²) in [6.45, 7) is 1.31. The van der Waals surface area contributed by atoms with E-state index in [4.69, 9.17) is 14.7 Å². The number of aromatic nitrogens is 2. The van der Waals surface area contributed by atoms with Gasteiger partial charge >= 0.3 is 0 Å². The fourth-order valence-electron chi connectivity index (χ4n) is 2.01. The van der Waals surface area contributed by atoms with Crippen molar-refractivity contribution in [2.24, 2.45) is 0 Å². The largest absolute Gasteiger partial charge is 0.377 e. The van der Waals surface area contributed by atoms with E-state index in [-0.39, 0.29) is 12.2 Å². The van der Waals surface area contributed by atoms with Gasteiger partial charge in [-0.1, -0.05) is 0 Å². The van der Waals surface area contributed by atoms with Gasteiger partial charge < -0.3 is 14.4 Å². The first-order valence-corrected chi connectivity index (χ1v) is 5.32. The Kier molecular flexibility index (Phi) is 3.52. The lowest BCUT2D eigenvalue weighted by atomic mass is 10.3. The maximum atomic E-state index is 9.02. The van der Waals surface area contributed by atoms with E-state index in [0.29, 0.717) is 24.5 Å². The quantitative estimate of drug-likeness (QED) is 0.744. The molecule has 1 aliphatic heterocycles. The molecule has 1 saturated heterocycles. The molecule has 17 heavy (non-hydrogen) atoms. The van der Waals surface area contributed by atoms with Crippen LogP contribution in [0, 0.1) is 11.3 Å². The fraction of sp³-hybridized carbons (Fsp3) is 0.545. The van der Waals surface area contributed by atoms with Gasteiger partial charge in [-0.05, 0) is 6.07 Å². The van der Waals surface area contributed by atoms with Crippen molar-refractivity contribution in [1.29, 1.82) is 5.26 Å². The van der Waals surface area contributed by atoms with E-state index in [0.717, 1.165) is 0 Å². The van der Waals surface area contributed by atoms with E-state index < -0.39 is 0 Å². The summed E-state index contributed by atoms with van der Waals surface area (Å²) in [5.41, 5.74) is 0.520. The topological polar surface area (TPSA) is 71.3 Å². The molecule has 0 aromatic carbocycles. The Bertz CT molecular complexity index is 420. The predicted octanol–water partition coefficient (Wildman–Crippen LogP) is 0.198. The fourth-order valence-corrected chi connectivity index (χ4v) is 2.01. The summed E-state index contributed by atoms with van der Waals surface area (Å²) in [5, 5.41) is 16.8. The van der Waals surface area contributed by atoms with Crippen LogP contribution < -0.4 is 4.90 Å². The highest BCUT2D eigenvalue weighted by atomic mass is 16.5. The van der Waals surface area contributed by atoms with Crippen LogP contribution in [0.15, 0.2) is 12.3 Å². The van der Waals surface area contributed by atoms with Crippen molar-refractivity contribution in [2.75, 3.05) is 32.2 Å². The van der Waals surface area contributed by atoms with Crippen LogP contribution in [-0.2, 0) is 9.47 Å². The zero-order chi connectivity index (χ0) is 12.3. The summed E-state index contributed by atoms with van der Waals surface area (Å²) in [6.07, 6.45) is 1.50. The average Bonchev–Trinajstić information content (AvgIpc) is 2.81. The Morgan fingerprint density at radius 3 is 2.53 bits per heavy atom. The molecule has 0 bridgehead atoms. The highest BCUT2D eigenvalue weighted by Gasteiger charge is 2.34. The van der Waals surface area contributed by atoms with Gasteiger partial charge in [-0.2, -0.15) is 10.4 Å². The first-order chi connectivity index (χ1) is 8.30. The smallest absolute Gasteiger partial charge is 0.169 e. The van der Waals surface area contributed by atoms with E-state index >= 15 is 0 Å². The number of hydrogen-bond donors (Lipinski definition) is 0. The highest BCUT2D eigenvalue weighted by Crippen LogP contribution is 2.23. The van der Waals surface area contributed by atoms with E-state index in [1.807, 2.05) is 4.90 Å². The molecule has 6 nitrogen and oxygen atoms in total. The Balaban J connectivity index is 2.22. The number of ether oxygens (including phenoxy) is 2. The molecule has 0 spiro atoms. The second-order valence-electron chi connectivity index (χ2n) is 3.83. The highest BCUT2D eigenvalue weighted by molar-refractivity contribution is 5.53. The summed E-state index contributed by atoms with van der Waals surface area (Å²) in [7, 11) is 3.31. The number of rotatable bonds is 3. The number of nitriles is 1. The van der Waals surface area contributed by atoms with Crippen LogP contribution >= 0.6 is 0 Å². The molecule has 1 aliphatic rings. The molecular formula is C11H14N4O2. The molecule has 2 heterocycles. The third-order valence-corrected chi connectivity index (χ3v) is 2.94. The van der Waals surface area contributed by atoms with Gasteiger partial charge in [-0.15, -0.1) is 5.10 Å². The minimum Gasteiger partial charge on any atom is -0.377 e.